The Balaban J connectivity index is 1.55. The minimum Gasteiger partial charge on any atom is -0.326 e. The summed E-state index contributed by atoms with van der Waals surface area (Å²) < 4.78 is 41.2. The quantitative estimate of drug-likeness (QED) is 0.499. The minimum atomic E-state index is -3.69. The second-order valence-corrected chi connectivity index (χ2v) is 10.6. The molecule has 2 aromatic carbocycles. The summed E-state index contributed by atoms with van der Waals surface area (Å²) >= 11 is 5.86. The van der Waals surface area contributed by atoms with Crippen LogP contribution in [-0.4, -0.2) is 53.4 Å². The highest BCUT2D eigenvalue weighted by Crippen LogP contribution is 2.29. The topological polar surface area (TPSA) is 130 Å². The van der Waals surface area contributed by atoms with Crippen molar-refractivity contribution in [2.75, 3.05) is 30.0 Å². The Morgan fingerprint density at radius 3 is 2.25 bits per heavy atom. The normalized spacial score (nSPS) is 18.1. The highest BCUT2D eigenvalue weighted by atomic mass is 35.5. The summed E-state index contributed by atoms with van der Waals surface area (Å²) in [5.74, 6) is -4.20. The first kappa shape index (κ1) is 25.5. The number of amides is 2. The number of hydrogen-bond acceptors (Lipinski definition) is 6. The highest BCUT2D eigenvalue weighted by Gasteiger charge is 2.45. The van der Waals surface area contributed by atoms with Crippen LogP contribution in [-0.2, 0) is 19.6 Å². The molecule has 0 unspecified atom stereocenters. The Morgan fingerprint density at radius 2 is 1.67 bits per heavy atom. The molecule has 1 saturated heterocycles. The van der Waals surface area contributed by atoms with Crippen LogP contribution in [0.5, 0.6) is 0 Å². The molecule has 1 fully saturated rings. The Kier molecular flexibility index (Phi) is 7.20. The maximum atomic E-state index is 14.8. The zero-order valence-electron chi connectivity index (χ0n) is 18.9. The van der Waals surface area contributed by atoms with E-state index in [1.54, 1.807) is 24.3 Å². The number of aromatic nitrogens is 2. The fourth-order valence-corrected chi connectivity index (χ4v) is 4.85. The molecule has 0 saturated carbocycles. The van der Waals surface area contributed by atoms with Crippen LogP contribution in [0.2, 0.25) is 5.02 Å². The molecule has 0 spiro atoms. The van der Waals surface area contributed by atoms with Crippen LogP contribution in [0.4, 0.5) is 15.8 Å². The van der Waals surface area contributed by atoms with Crippen LogP contribution in [0.3, 0.4) is 0 Å². The average molecular weight is 534 g/mol. The van der Waals surface area contributed by atoms with Crippen molar-refractivity contribution in [1.29, 1.82) is 0 Å². The van der Waals surface area contributed by atoms with Gasteiger partial charge in [-0.15, -0.1) is 0 Å². The van der Waals surface area contributed by atoms with Crippen LogP contribution in [0.25, 0.3) is 5.69 Å². The first-order valence-electron chi connectivity index (χ1n) is 10.7. The van der Waals surface area contributed by atoms with Gasteiger partial charge in [0.25, 0.3) is 5.56 Å². The Labute approximate surface area is 210 Å². The standard InChI is InChI=1S/C23H21ClFN5O5S/c1-36(34,35)29-11-17(22(32)27-15-4-2-14(24)3-5-15)18(12-29)23(33)28-20-7-6-16(10-19(20)25)30-13-26-9-8-21(30)31/h2-10,13,17-18H,11-12H2,1H3,(H,27,32)(H,28,33)/t17-,18-/m0/s1. The third-order valence-corrected chi connectivity index (χ3v) is 7.24. The van der Waals surface area contributed by atoms with Gasteiger partial charge < -0.3 is 10.6 Å². The number of sulfonamides is 1. The molecular weight excluding hydrogens is 513 g/mol. The number of nitrogens with zero attached hydrogens (tertiary/aromatic N) is 3. The molecule has 1 aromatic heterocycles. The van der Waals surface area contributed by atoms with E-state index in [9.17, 15) is 27.2 Å². The van der Waals surface area contributed by atoms with Crippen molar-refractivity contribution >= 4 is 44.8 Å². The molecule has 188 valence electrons. The van der Waals surface area contributed by atoms with Gasteiger partial charge in [0.05, 0.1) is 29.5 Å². The molecular formula is C23H21ClFN5O5S. The van der Waals surface area contributed by atoms with E-state index in [4.69, 9.17) is 11.6 Å². The lowest BCUT2D eigenvalue weighted by Crippen LogP contribution is -2.35. The van der Waals surface area contributed by atoms with Crippen LogP contribution in [0.1, 0.15) is 0 Å². The third-order valence-electron chi connectivity index (χ3n) is 5.75. The molecule has 3 aromatic rings. The van der Waals surface area contributed by atoms with Gasteiger partial charge in [-0.05, 0) is 36.4 Å². The largest absolute Gasteiger partial charge is 0.326 e. The summed E-state index contributed by atoms with van der Waals surface area (Å²) in [4.78, 5) is 41.9. The van der Waals surface area contributed by atoms with E-state index >= 15 is 0 Å². The van der Waals surface area contributed by atoms with Gasteiger partial charge in [-0.2, -0.15) is 0 Å². The van der Waals surface area contributed by atoms with Gasteiger partial charge in [0.1, 0.15) is 12.1 Å². The van der Waals surface area contributed by atoms with Gasteiger partial charge in [-0.25, -0.2) is 22.1 Å². The predicted octanol–water partition coefficient (Wildman–Crippen LogP) is 2.11. The monoisotopic (exact) mass is 533 g/mol. The van der Waals surface area contributed by atoms with Crippen molar-refractivity contribution in [3.8, 4) is 5.69 Å². The number of carbonyl (C=O) groups excluding carboxylic acids is 2. The van der Waals surface area contributed by atoms with Gasteiger partial charge in [0, 0.05) is 42.1 Å². The molecule has 1 aliphatic rings. The molecule has 2 N–H and O–H groups in total. The van der Waals surface area contributed by atoms with Crippen molar-refractivity contribution < 1.29 is 22.4 Å². The zero-order chi connectivity index (χ0) is 26.0. The van der Waals surface area contributed by atoms with Crippen molar-refractivity contribution in [2.24, 2.45) is 11.8 Å². The second-order valence-electron chi connectivity index (χ2n) is 8.23. The van der Waals surface area contributed by atoms with Gasteiger partial charge in [0.2, 0.25) is 21.8 Å². The third kappa shape index (κ3) is 5.61. The van der Waals surface area contributed by atoms with Gasteiger partial charge in [-0.3, -0.25) is 19.0 Å². The fraction of sp³-hybridized carbons (Fsp3) is 0.217. The summed E-state index contributed by atoms with van der Waals surface area (Å²) in [7, 11) is -3.69. The van der Waals surface area contributed by atoms with Crippen LogP contribution >= 0.6 is 11.6 Å². The molecule has 2 amide bonds. The Bertz CT molecular complexity index is 1480. The predicted molar refractivity (Wildman–Crippen MR) is 132 cm³/mol. The lowest BCUT2D eigenvalue weighted by Gasteiger charge is -2.18. The molecule has 4 rings (SSSR count). The Hall–Kier alpha value is -3.61. The molecule has 13 heteroatoms. The summed E-state index contributed by atoms with van der Waals surface area (Å²) in [6.45, 7) is -0.449. The maximum absolute atomic E-state index is 14.8. The number of benzene rings is 2. The smallest absolute Gasteiger partial charge is 0.257 e. The highest BCUT2D eigenvalue weighted by molar-refractivity contribution is 7.88. The van der Waals surface area contributed by atoms with E-state index in [0.717, 1.165) is 21.2 Å². The van der Waals surface area contributed by atoms with E-state index in [2.05, 4.69) is 15.6 Å². The van der Waals surface area contributed by atoms with Crippen molar-refractivity contribution in [1.82, 2.24) is 13.9 Å². The summed E-state index contributed by atoms with van der Waals surface area (Å²) in [6, 6.07) is 11.3. The van der Waals surface area contributed by atoms with E-state index in [0.29, 0.717) is 10.7 Å². The summed E-state index contributed by atoms with van der Waals surface area (Å²) in [6.07, 6.45) is 3.53. The summed E-state index contributed by atoms with van der Waals surface area (Å²) in [5, 5.41) is 5.57. The maximum Gasteiger partial charge on any atom is 0.257 e. The van der Waals surface area contributed by atoms with E-state index in [1.807, 2.05) is 0 Å². The fourth-order valence-electron chi connectivity index (χ4n) is 3.86. The van der Waals surface area contributed by atoms with Crippen LogP contribution < -0.4 is 16.2 Å². The number of hydrogen-bond donors (Lipinski definition) is 2. The van der Waals surface area contributed by atoms with Crippen molar-refractivity contribution in [3.05, 3.63) is 82.2 Å². The molecule has 36 heavy (non-hydrogen) atoms. The lowest BCUT2D eigenvalue weighted by molar-refractivity contribution is -0.127. The van der Waals surface area contributed by atoms with Crippen molar-refractivity contribution in [3.63, 3.8) is 0 Å². The molecule has 1 aliphatic heterocycles. The molecule has 2 atom stereocenters. The zero-order valence-corrected chi connectivity index (χ0v) is 20.5. The second kappa shape index (κ2) is 10.2. The SMILES string of the molecule is CS(=O)(=O)N1C[C@H](C(=O)Nc2ccc(Cl)cc2)[C@@H](C(=O)Nc2ccc(-n3cnccc3=O)cc2F)C1. The van der Waals surface area contributed by atoms with Crippen LogP contribution in [0, 0.1) is 17.7 Å². The van der Waals surface area contributed by atoms with Gasteiger partial charge >= 0.3 is 0 Å². The number of rotatable bonds is 6. The first-order valence-corrected chi connectivity index (χ1v) is 12.9. The van der Waals surface area contributed by atoms with Gasteiger partial charge in [-0.1, -0.05) is 11.6 Å². The van der Waals surface area contributed by atoms with Crippen LogP contribution in [0.15, 0.2) is 65.8 Å². The Morgan fingerprint density at radius 1 is 1.03 bits per heavy atom. The molecule has 10 nitrogen and oxygen atoms in total. The average Bonchev–Trinajstić information content (AvgIpc) is 3.29. The molecule has 0 aliphatic carbocycles. The number of nitrogens with one attached hydrogen (secondary N) is 2. The molecule has 0 bridgehead atoms. The van der Waals surface area contributed by atoms with E-state index in [1.165, 1.54) is 30.7 Å². The lowest BCUT2D eigenvalue weighted by atomic mass is 9.94. The van der Waals surface area contributed by atoms with E-state index < -0.39 is 45.0 Å². The number of anilines is 2. The van der Waals surface area contributed by atoms with Crippen molar-refractivity contribution in [2.45, 2.75) is 0 Å². The summed E-state index contributed by atoms with van der Waals surface area (Å²) in [5.41, 5.74) is 0.0273. The van der Waals surface area contributed by atoms with E-state index in [-0.39, 0.29) is 24.5 Å². The number of halogens is 2. The molecule has 0 radical (unpaired) electrons. The molecule has 2 heterocycles. The first-order chi connectivity index (χ1) is 17.0. The number of carbonyl (C=O) groups is 2. The minimum absolute atomic E-state index is 0.185. The van der Waals surface area contributed by atoms with Gasteiger partial charge in [0.15, 0.2) is 0 Å².